The zero-order chi connectivity index (χ0) is 14.0. The van der Waals surface area contributed by atoms with Gasteiger partial charge in [-0.15, -0.1) is 0 Å². The summed E-state index contributed by atoms with van der Waals surface area (Å²) in [6.45, 7) is 10.0. The van der Waals surface area contributed by atoms with Gasteiger partial charge in [-0.25, -0.2) is 10.1 Å². The highest BCUT2D eigenvalue weighted by Gasteiger charge is 2.36. The number of hydrogen-bond donors (Lipinski definition) is 0. The lowest BCUT2D eigenvalue weighted by atomic mass is 9.97. The quantitative estimate of drug-likeness (QED) is 0.562. The Balaban J connectivity index is 2.01. The molecule has 19 heavy (non-hydrogen) atoms. The van der Waals surface area contributed by atoms with E-state index in [1.54, 1.807) is 0 Å². The van der Waals surface area contributed by atoms with Gasteiger partial charge in [0.25, 0.3) is 5.96 Å². The van der Waals surface area contributed by atoms with Gasteiger partial charge in [0, 0.05) is 32.1 Å². The van der Waals surface area contributed by atoms with Crippen LogP contribution in [0.3, 0.4) is 0 Å². The van der Waals surface area contributed by atoms with Crippen LogP contribution in [0.2, 0.25) is 0 Å². The summed E-state index contributed by atoms with van der Waals surface area (Å²) < 4.78 is 5.72. The van der Waals surface area contributed by atoms with Crippen molar-refractivity contribution in [2.24, 2.45) is 11.0 Å². The number of hydrazone groups is 1. The van der Waals surface area contributed by atoms with Crippen LogP contribution in [0, 0.1) is 16.0 Å². The van der Waals surface area contributed by atoms with E-state index in [0.29, 0.717) is 11.9 Å². The van der Waals surface area contributed by atoms with Gasteiger partial charge in [-0.3, -0.25) is 0 Å². The molecule has 2 fully saturated rings. The number of nitrogens with zero attached hydrogens (tertiary/aromatic N) is 4. The first-order valence-electron chi connectivity index (χ1n) is 6.78. The average molecular weight is 270 g/mol. The Hall–Kier alpha value is -1.37. The molecule has 2 saturated heterocycles. The lowest BCUT2D eigenvalue weighted by Gasteiger charge is -2.22. The lowest BCUT2D eigenvalue weighted by molar-refractivity contribution is -0.486. The first-order chi connectivity index (χ1) is 8.91. The molecule has 0 aromatic carbocycles. The van der Waals surface area contributed by atoms with Gasteiger partial charge in [-0.1, -0.05) is 0 Å². The van der Waals surface area contributed by atoms with Crippen LogP contribution < -0.4 is 0 Å². The molecule has 108 valence electrons. The van der Waals surface area contributed by atoms with Gasteiger partial charge in [0.2, 0.25) is 0 Å². The third kappa shape index (κ3) is 3.34. The maximum Gasteiger partial charge on any atom is 0.274 e. The number of hydrogen-bond acceptors (Lipinski definition) is 3. The SMILES string of the molecule is CCN1CCN(CC2COC(C)(C)C2)C1=N[N+](=O)[O-]. The number of nitro groups is 1. The molecule has 1 unspecified atom stereocenters. The van der Waals surface area contributed by atoms with E-state index in [4.69, 9.17) is 4.74 Å². The van der Waals surface area contributed by atoms with E-state index in [9.17, 15) is 10.1 Å². The molecule has 7 heteroatoms. The second kappa shape index (κ2) is 5.32. The zero-order valence-electron chi connectivity index (χ0n) is 11.8. The fraction of sp³-hybridized carbons (Fsp3) is 0.917. The summed E-state index contributed by atoms with van der Waals surface area (Å²) in [5, 5.41) is 13.6. The van der Waals surface area contributed by atoms with E-state index in [-0.39, 0.29) is 5.60 Å². The number of ether oxygens (including phenoxy) is 1. The normalized spacial score (nSPS) is 28.4. The molecule has 0 amide bonds. The molecule has 1 atom stereocenters. The highest BCUT2D eigenvalue weighted by molar-refractivity contribution is 5.81. The fourth-order valence-corrected chi connectivity index (χ4v) is 2.90. The Labute approximate surface area is 113 Å². The maximum atomic E-state index is 10.6. The lowest BCUT2D eigenvalue weighted by Crippen LogP contribution is -2.37. The van der Waals surface area contributed by atoms with E-state index >= 15 is 0 Å². The van der Waals surface area contributed by atoms with Crippen molar-refractivity contribution in [2.75, 3.05) is 32.8 Å². The topological polar surface area (TPSA) is 71.2 Å². The van der Waals surface area contributed by atoms with Gasteiger partial charge >= 0.3 is 0 Å². The van der Waals surface area contributed by atoms with Crippen LogP contribution in [-0.4, -0.2) is 59.2 Å². The van der Waals surface area contributed by atoms with E-state index in [1.165, 1.54) is 0 Å². The summed E-state index contributed by atoms with van der Waals surface area (Å²) >= 11 is 0. The summed E-state index contributed by atoms with van der Waals surface area (Å²) in [4.78, 5) is 14.6. The summed E-state index contributed by atoms with van der Waals surface area (Å²) in [6.07, 6.45) is 0.987. The van der Waals surface area contributed by atoms with Gasteiger partial charge in [0.1, 0.15) is 5.10 Å². The predicted octanol–water partition coefficient (Wildman–Crippen LogP) is 0.987. The van der Waals surface area contributed by atoms with Crippen LogP contribution in [0.4, 0.5) is 0 Å². The van der Waals surface area contributed by atoms with Gasteiger partial charge in [0.05, 0.1) is 12.2 Å². The fourth-order valence-electron chi connectivity index (χ4n) is 2.90. The minimum Gasteiger partial charge on any atom is -0.375 e. The monoisotopic (exact) mass is 270 g/mol. The van der Waals surface area contributed by atoms with Crippen molar-refractivity contribution >= 4 is 5.96 Å². The minimum absolute atomic E-state index is 0.0742. The van der Waals surface area contributed by atoms with Crippen molar-refractivity contribution in [3.8, 4) is 0 Å². The molecule has 2 aliphatic rings. The molecule has 0 radical (unpaired) electrons. The average Bonchev–Trinajstić information content (AvgIpc) is 2.83. The van der Waals surface area contributed by atoms with Crippen molar-refractivity contribution in [3.05, 3.63) is 10.1 Å². The van der Waals surface area contributed by atoms with Gasteiger partial charge < -0.3 is 14.5 Å². The van der Waals surface area contributed by atoms with E-state index in [0.717, 1.165) is 39.2 Å². The highest BCUT2D eigenvalue weighted by Crippen LogP contribution is 2.30. The summed E-state index contributed by atoms with van der Waals surface area (Å²) in [7, 11) is 0. The molecular weight excluding hydrogens is 248 g/mol. The van der Waals surface area contributed by atoms with Gasteiger partial charge in [-0.2, -0.15) is 0 Å². The van der Waals surface area contributed by atoms with Crippen LogP contribution in [0.1, 0.15) is 27.2 Å². The summed E-state index contributed by atoms with van der Waals surface area (Å²) in [5.74, 6) is 0.918. The maximum absolute atomic E-state index is 10.6. The Bertz CT molecular complexity index is 383. The number of rotatable bonds is 4. The predicted molar refractivity (Wildman–Crippen MR) is 71.4 cm³/mol. The summed E-state index contributed by atoms with van der Waals surface area (Å²) in [5.41, 5.74) is -0.0742. The van der Waals surface area contributed by atoms with Crippen molar-refractivity contribution < 1.29 is 9.77 Å². The van der Waals surface area contributed by atoms with Crippen LogP contribution in [0.5, 0.6) is 0 Å². The molecule has 7 nitrogen and oxygen atoms in total. The molecule has 2 rings (SSSR count). The van der Waals surface area contributed by atoms with Crippen LogP contribution in [0.15, 0.2) is 5.10 Å². The zero-order valence-corrected chi connectivity index (χ0v) is 11.8. The largest absolute Gasteiger partial charge is 0.375 e. The third-order valence-corrected chi connectivity index (χ3v) is 3.73. The molecule has 0 aromatic rings. The van der Waals surface area contributed by atoms with Gasteiger partial charge in [-0.05, 0) is 27.2 Å². The standard InChI is InChI=1S/C12H22N4O3/c1-4-14-5-6-15(11(14)13-16(17)18)8-10-7-12(2,3)19-9-10/h10H,4-9H2,1-3H3. The highest BCUT2D eigenvalue weighted by atomic mass is 16.7. The number of likely N-dealkylation sites (N-methyl/N-ethyl adjacent to an activating group) is 1. The van der Waals surface area contributed by atoms with Crippen LogP contribution >= 0.6 is 0 Å². The van der Waals surface area contributed by atoms with Crippen LogP contribution in [-0.2, 0) is 4.74 Å². The Morgan fingerprint density at radius 1 is 1.47 bits per heavy atom. The first-order valence-corrected chi connectivity index (χ1v) is 6.78. The minimum atomic E-state index is -0.606. The smallest absolute Gasteiger partial charge is 0.274 e. The third-order valence-electron chi connectivity index (χ3n) is 3.73. The molecule has 0 aliphatic carbocycles. The molecule has 2 heterocycles. The second-order valence-corrected chi connectivity index (χ2v) is 5.80. The van der Waals surface area contributed by atoms with E-state index in [1.807, 2.05) is 16.7 Å². The Morgan fingerprint density at radius 3 is 2.68 bits per heavy atom. The van der Waals surface area contributed by atoms with Gasteiger partial charge in [0.15, 0.2) is 5.03 Å². The molecule has 0 N–H and O–H groups in total. The van der Waals surface area contributed by atoms with Crippen molar-refractivity contribution in [3.63, 3.8) is 0 Å². The second-order valence-electron chi connectivity index (χ2n) is 5.80. The molecule has 0 bridgehead atoms. The van der Waals surface area contributed by atoms with Crippen molar-refractivity contribution in [1.29, 1.82) is 0 Å². The molecule has 0 spiro atoms. The first kappa shape index (κ1) is 14.0. The number of guanidine groups is 1. The Kier molecular flexibility index (Phi) is 3.93. The molecular formula is C12H22N4O3. The molecule has 0 saturated carbocycles. The molecule has 0 aromatic heterocycles. The van der Waals surface area contributed by atoms with Crippen LogP contribution in [0.25, 0.3) is 0 Å². The van der Waals surface area contributed by atoms with E-state index < -0.39 is 5.03 Å². The summed E-state index contributed by atoms with van der Waals surface area (Å²) in [6, 6.07) is 0. The van der Waals surface area contributed by atoms with E-state index in [2.05, 4.69) is 18.9 Å². The van der Waals surface area contributed by atoms with Crippen molar-refractivity contribution in [2.45, 2.75) is 32.8 Å². The molecule has 2 aliphatic heterocycles. The van der Waals surface area contributed by atoms with Crippen molar-refractivity contribution in [1.82, 2.24) is 9.80 Å². The Morgan fingerprint density at radius 2 is 2.16 bits per heavy atom.